The number of aromatic carboxylic acids is 1. The molecule has 0 aromatic carbocycles. The molecule has 0 radical (unpaired) electrons. The second kappa shape index (κ2) is 7.38. The van der Waals surface area contributed by atoms with Crippen LogP contribution in [0.2, 0.25) is 0 Å². The first kappa shape index (κ1) is 18.5. The Balaban J connectivity index is 2.02. The quantitative estimate of drug-likeness (QED) is 0.837. The Morgan fingerprint density at radius 1 is 1.38 bits per heavy atom. The number of carboxylic acids is 1. The fraction of sp³-hybridized carbons (Fsp3) is 0.667. The molecule has 2 N–H and O–H groups in total. The number of aromatic amines is 1. The van der Waals surface area contributed by atoms with Crippen molar-refractivity contribution < 1.29 is 14.7 Å². The number of rotatable bonds is 6. The largest absolute Gasteiger partial charge is 0.477 e. The molecule has 1 atom stereocenters. The summed E-state index contributed by atoms with van der Waals surface area (Å²) in [5.74, 6) is 0.00684. The number of H-pyrrole nitrogens is 1. The Hall–Kier alpha value is -1.82. The van der Waals surface area contributed by atoms with E-state index in [2.05, 4.69) is 23.7 Å². The van der Waals surface area contributed by atoms with E-state index in [0.29, 0.717) is 35.2 Å². The molecule has 0 spiro atoms. The number of aromatic nitrogens is 1. The molecule has 1 aromatic heterocycles. The van der Waals surface area contributed by atoms with Gasteiger partial charge in [-0.2, -0.15) is 0 Å². The van der Waals surface area contributed by atoms with Crippen LogP contribution in [0.4, 0.5) is 0 Å². The van der Waals surface area contributed by atoms with E-state index < -0.39 is 5.97 Å². The summed E-state index contributed by atoms with van der Waals surface area (Å²) in [4.78, 5) is 31.0. The molecule has 0 unspecified atom stereocenters. The van der Waals surface area contributed by atoms with Crippen LogP contribution in [-0.4, -0.2) is 65.0 Å². The van der Waals surface area contributed by atoms with Crippen molar-refractivity contribution in [2.45, 2.75) is 34.1 Å². The van der Waals surface area contributed by atoms with Crippen LogP contribution < -0.4 is 0 Å². The lowest BCUT2D eigenvalue weighted by atomic mass is 10.1. The van der Waals surface area contributed by atoms with Crippen LogP contribution in [0.25, 0.3) is 0 Å². The Labute approximate surface area is 143 Å². The zero-order valence-corrected chi connectivity index (χ0v) is 15.3. The minimum atomic E-state index is -1.03. The minimum absolute atomic E-state index is 0.101. The van der Waals surface area contributed by atoms with Gasteiger partial charge in [0.05, 0.1) is 5.56 Å². The van der Waals surface area contributed by atoms with Gasteiger partial charge in [0.25, 0.3) is 5.91 Å². The summed E-state index contributed by atoms with van der Waals surface area (Å²) < 4.78 is 0. The van der Waals surface area contributed by atoms with Gasteiger partial charge in [-0.15, -0.1) is 0 Å². The summed E-state index contributed by atoms with van der Waals surface area (Å²) in [6.45, 7) is 11.8. The van der Waals surface area contributed by atoms with Crippen molar-refractivity contribution in [1.29, 1.82) is 0 Å². The molecule has 1 aromatic rings. The van der Waals surface area contributed by atoms with E-state index in [0.717, 1.165) is 26.1 Å². The number of nitrogens with one attached hydrogen (secondary N) is 1. The third-order valence-corrected chi connectivity index (χ3v) is 4.74. The van der Waals surface area contributed by atoms with E-state index >= 15 is 0 Å². The number of hydrogen-bond donors (Lipinski definition) is 2. The smallest absolute Gasteiger partial charge is 0.352 e. The van der Waals surface area contributed by atoms with Crippen molar-refractivity contribution in [3.63, 3.8) is 0 Å². The maximum atomic E-state index is 12.8. The highest BCUT2D eigenvalue weighted by Crippen LogP contribution is 2.22. The number of carbonyl (C=O) groups excluding carboxylic acids is 1. The number of amides is 1. The lowest BCUT2D eigenvalue weighted by Gasteiger charge is -2.23. The molecule has 0 aliphatic carbocycles. The number of carbonyl (C=O) groups is 2. The molecular formula is C18H29N3O3. The van der Waals surface area contributed by atoms with Crippen LogP contribution in [0.15, 0.2) is 0 Å². The fourth-order valence-electron chi connectivity index (χ4n) is 3.69. The van der Waals surface area contributed by atoms with Gasteiger partial charge in [0, 0.05) is 32.4 Å². The Morgan fingerprint density at radius 2 is 2.04 bits per heavy atom. The van der Waals surface area contributed by atoms with Gasteiger partial charge in [-0.3, -0.25) is 4.79 Å². The van der Waals surface area contributed by atoms with Gasteiger partial charge < -0.3 is 19.9 Å². The fourth-order valence-corrected chi connectivity index (χ4v) is 3.69. The van der Waals surface area contributed by atoms with Gasteiger partial charge >= 0.3 is 5.97 Å². The number of likely N-dealkylation sites (tertiary alicyclic amines) is 1. The molecule has 1 aliphatic heterocycles. The van der Waals surface area contributed by atoms with Crippen molar-refractivity contribution in [2.24, 2.45) is 11.8 Å². The summed E-state index contributed by atoms with van der Waals surface area (Å²) >= 11 is 0. The van der Waals surface area contributed by atoms with E-state index in [4.69, 9.17) is 0 Å². The third kappa shape index (κ3) is 3.98. The Morgan fingerprint density at radius 3 is 2.58 bits per heavy atom. The Kier molecular flexibility index (Phi) is 5.70. The molecule has 24 heavy (non-hydrogen) atoms. The zero-order valence-electron chi connectivity index (χ0n) is 15.3. The monoisotopic (exact) mass is 335 g/mol. The molecule has 134 valence electrons. The van der Waals surface area contributed by atoms with Crippen LogP contribution in [-0.2, 0) is 0 Å². The van der Waals surface area contributed by atoms with Crippen molar-refractivity contribution in [3.05, 3.63) is 22.5 Å². The molecule has 1 amide bonds. The predicted molar refractivity (Wildman–Crippen MR) is 93.6 cm³/mol. The molecule has 6 heteroatoms. The SMILES string of the molecule is Cc1[nH]c(C(=O)O)c(C)c1C(=O)N(C)C[C@H]1CCN(CC(C)C)C1. The first-order chi connectivity index (χ1) is 11.2. The van der Waals surface area contributed by atoms with Gasteiger partial charge in [0.15, 0.2) is 0 Å². The topological polar surface area (TPSA) is 76.6 Å². The number of nitrogens with zero attached hydrogens (tertiary/aromatic N) is 2. The number of aryl methyl sites for hydroxylation is 1. The normalized spacial score (nSPS) is 18.3. The molecule has 2 heterocycles. The second-order valence-corrected chi connectivity index (χ2v) is 7.42. The molecule has 2 rings (SSSR count). The highest BCUT2D eigenvalue weighted by Gasteiger charge is 2.28. The van der Waals surface area contributed by atoms with Gasteiger partial charge in [-0.1, -0.05) is 13.8 Å². The highest BCUT2D eigenvalue weighted by molar-refractivity contribution is 6.00. The van der Waals surface area contributed by atoms with Crippen molar-refractivity contribution in [3.8, 4) is 0 Å². The lowest BCUT2D eigenvalue weighted by molar-refractivity contribution is 0.0690. The van der Waals surface area contributed by atoms with Crippen molar-refractivity contribution >= 4 is 11.9 Å². The van der Waals surface area contributed by atoms with Crippen LogP contribution in [0.3, 0.4) is 0 Å². The van der Waals surface area contributed by atoms with Gasteiger partial charge in [-0.25, -0.2) is 4.79 Å². The molecule has 0 saturated carbocycles. The standard InChI is InChI=1S/C18H29N3O3/c1-11(2)8-21-7-6-14(10-21)9-20(5)17(22)15-12(3)16(18(23)24)19-13(15)4/h11,14,19H,6-10H2,1-5H3,(H,23,24)/t14-/m1/s1. The summed E-state index contributed by atoms with van der Waals surface area (Å²) in [5, 5.41) is 9.19. The molecule has 1 saturated heterocycles. The van der Waals surface area contributed by atoms with E-state index in [1.165, 1.54) is 0 Å². The van der Waals surface area contributed by atoms with Crippen LogP contribution >= 0.6 is 0 Å². The first-order valence-electron chi connectivity index (χ1n) is 8.61. The van der Waals surface area contributed by atoms with Crippen LogP contribution in [0.1, 0.15) is 52.4 Å². The van der Waals surface area contributed by atoms with Gasteiger partial charge in [0.1, 0.15) is 5.69 Å². The van der Waals surface area contributed by atoms with Crippen LogP contribution in [0.5, 0.6) is 0 Å². The number of carboxylic acid groups (broad SMARTS) is 1. The highest BCUT2D eigenvalue weighted by atomic mass is 16.4. The molecule has 1 fully saturated rings. The van der Waals surface area contributed by atoms with Gasteiger partial charge in [-0.05, 0) is 44.2 Å². The predicted octanol–water partition coefficient (Wildman–Crippen LogP) is 2.38. The maximum Gasteiger partial charge on any atom is 0.352 e. The Bertz CT molecular complexity index is 621. The molecule has 0 bridgehead atoms. The van der Waals surface area contributed by atoms with Crippen LogP contribution in [0, 0.1) is 25.7 Å². The summed E-state index contributed by atoms with van der Waals surface area (Å²) in [5.41, 5.74) is 1.74. The summed E-state index contributed by atoms with van der Waals surface area (Å²) in [6, 6.07) is 0. The van der Waals surface area contributed by atoms with E-state index in [1.54, 1.807) is 25.8 Å². The van der Waals surface area contributed by atoms with E-state index in [-0.39, 0.29) is 11.6 Å². The summed E-state index contributed by atoms with van der Waals surface area (Å²) in [6.07, 6.45) is 1.11. The second-order valence-electron chi connectivity index (χ2n) is 7.42. The van der Waals surface area contributed by atoms with E-state index in [1.807, 2.05) is 0 Å². The number of hydrogen-bond acceptors (Lipinski definition) is 3. The zero-order chi connectivity index (χ0) is 18.0. The average Bonchev–Trinajstić information content (AvgIpc) is 3.02. The molecular weight excluding hydrogens is 306 g/mol. The molecule has 6 nitrogen and oxygen atoms in total. The van der Waals surface area contributed by atoms with Crippen molar-refractivity contribution in [2.75, 3.05) is 33.2 Å². The average molecular weight is 335 g/mol. The van der Waals surface area contributed by atoms with E-state index in [9.17, 15) is 14.7 Å². The molecule has 1 aliphatic rings. The van der Waals surface area contributed by atoms with Crippen molar-refractivity contribution in [1.82, 2.24) is 14.8 Å². The third-order valence-electron chi connectivity index (χ3n) is 4.74. The minimum Gasteiger partial charge on any atom is -0.477 e. The lowest BCUT2D eigenvalue weighted by Crippen LogP contribution is -2.34. The first-order valence-corrected chi connectivity index (χ1v) is 8.61. The van der Waals surface area contributed by atoms with Gasteiger partial charge in [0.2, 0.25) is 0 Å². The summed E-state index contributed by atoms with van der Waals surface area (Å²) in [7, 11) is 1.81. The maximum absolute atomic E-state index is 12.8.